The largest absolute Gasteiger partial charge is 0.497 e. The van der Waals surface area contributed by atoms with Crippen molar-refractivity contribution in [1.29, 1.82) is 5.26 Å². The van der Waals surface area contributed by atoms with Crippen LogP contribution in [0.3, 0.4) is 0 Å². The smallest absolute Gasteiger partial charge is 0.148 e. The summed E-state index contributed by atoms with van der Waals surface area (Å²) in [5.41, 5.74) is 2.26. The van der Waals surface area contributed by atoms with Crippen molar-refractivity contribution >= 4 is 16.6 Å². The number of rotatable bonds is 3. The van der Waals surface area contributed by atoms with Gasteiger partial charge in [0.1, 0.15) is 23.1 Å². The summed E-state index contributed by atoms with van der Waals surface area (Å²) in [6.45, 7) is 2.61. The number of ether oxygens (including phenoxy) is 3. The lowest BCUT2D eigenvalue weighted by molar-refractivity contribution is 0.0773. The van der Waals surface area contributed by atoms with Gasteiger partial charge in [0, 0.05) is 43.3 Å². The maximum absolute atomic E-state index is 9.65. The SMILES string of the molecule is COc1cc(OC)c2ncc(C#N)c(N3CC[C@H]4OCC[C@H]4C3)c2c1. The molecule has 0 radical (unpaired) electrons. The van der Waals surface area contributed by atoms with Crippen molar-refractivity contribution in [3.8, 4) is 17.6 Å². The predicted octanol–water partition coefficient (Wildman–Crippen LogP) is 2.74. The van der Waals surface area contributed by atoms with Gasteiger partial charge in [-0.05, 0) is 18.9 Å². The third-order valence-corrected chi connectivity index (χ3v) is 5.26. The van der Waals surface area contributed by atoms with Crippen LogP contribution in [0, 0.1) is 17.2 Å². The van der Waals surface area contributed by atoms with E-state index >= 15 is 0 Å². The molecule has 0 bridgehead atoms. The van der Waals surface area contributed by atoms with Crippen LogP contribution in [0.1, 0.15) is 18.4 Å². The van der Waals surface area contributed by atoms with E-state index in [4.69, 9.17) is 14.2 Å². The summed E-state index contributed by atoms with van der Waals surface area (Å²) in [5, 5.41) is 10.5. The van der Waals surface area contributed by atoms with Crippen molar-refractivity contribution in [3.05, 3.63) is 23.9 Å². The van der Waals surface area contributed by atoms with Crippen LogP contribution < -0.4 is 14.4 Å². The van der Waals surface area contributed by atoms with Gasteiger partial charge in [0.05, 0.1) is 31.6 Å². The van der Waals surface area contributed by atoms with Crippen molar-refractivity contribution in [1.82, 2.24) is 4.98 Å². The van der Waals surface area contributed by atoms with Gasteiger partial charge in [-0.2, -0.15) is 5.26 Å². The van der Waals surface area contributed by atoms with Crippen molar-refractivity contribution < 1.29 is 14.2 Å². The Kier molecular flexibility index (Phi) is 4.10. The lowest BCUT2D eigenvalue weighted by Gasteiger charge is -2.36. The minimum Gasteiger partial charge on any atom is -0.497 e. The molecule has 2 aliphatic heterocycles. The number of aromatic nitrogens is 1. The van der Waals surface area contributed by atoms with Gasteiger partial charge in [-0.25, -0.2) is 0 Å². The van der Waals surface area contributed by atoms with Crippen LogP contribution in [0.2, 0.25) is 0 Å². The fourth-order valence-electron chi connectivity index (χ4n) is 4.01. The predicted molar refractivity (Wildman–Crippen MR) is 94.2 cm³/mol. The molecule has 6 nitrogen and oxygen atoms in total. The van der Waals surface area contributed by atoms with Gasteiger partial charge in [0.2, 0.25) is 0 Å². The number of benzene rings is 1. The molecule has 0 N–H and O–H groups in total. The van der Waals surface area contributed by atoms with Crippen LogP contribution in [0.4, 0.5) is 5.69 Å². The maximum Gasteiger partial charge on any atom is 0.148 e. The Morgan fingerprint density at radius 1 is 1.28 bits per heavy atom. The highest BCUT2D eigenvalue weighted by atomic mass is 16.5. The number of hydrogen-bond acceptors (Lipinski definition) is 6. The summed E-state index contributed by atoms with van der Waals surface area (Å²) < 4.78 is 16.7. The van der Waals surface area contributed by atoms with Crippen molar-refractivity contribution in [2.75, 3.05) is 38.8 Å². The Balaban J connectivity index is 1.87. The van der Waals surface area contributed by atoms with Crippen LogP contribution in [0.25, 0.3) is 10.9 Å². The molecule has 2 fully saturated rings. The molecule has 0 unspecified atom stereocenters. The Bertz CT molecular complexity index is 846. The molecule has 0 saturated carbocycles. The van der Waals surface area contributed by atoms with Gasteiger partial charge in [0.15, 0.2) is 0 Å². The van der Waals surface area contributed by atoms with Gasteiger partial charge in [-0.1, -0.05) is 0 Å². The van der Waals surface area contributed by atoms with E-state index in [1.165, 1.54) is 0 Å². The fraction of sp³-hybridized carbons (Fsp3) is 0.474. The summed E-state index contributed by atoms with van der Waals surface area (Å²) in [6, 6.07) is 6.07. The standard InChI is InChI=1S/C19H21N3O3/c1-23-14-7-15-18(17(8-14)24-2)21-10-13(9-20)19(15)22-5-3-16-12(11-22)4-6-25-16/h7-8,10,12,16H,3-6,11H2,1-2H3/t12-,16+/m0/s1. The van der Waals surface area contributed by atoms with Crippen molar-refractivity contribution in [3.63, 3.8) is 0 Å². The summed E-state index contributed by atoms with van der Waals surface area (Å²) >= 11 is 0. The van der Waals surface area contributed by atoms with Gasteiger partial charge < -0.3 is 19.1 Å². The Morgan fingerprint density at radius 3 is 2.92 bits per heavy atom. The zero-order valence-corrected chi connectivity index (χ0v) is 14.5. The zero-order chi connectivity index (χ0) is 17.4. The van der Waals surface area contributed by atoms with E-state index in [9.17, 15) is 5.26 Å². The van der Waals surface area contributed by atoms with Crippen LogP contribution in [0.15, 0.2) is 18.3 Å². The lowest BCUT2D eigenvalue weighted by Crippen LogP contribution is -2.41. The highest BCUT2D eigenvalue weighted by molar-refractivity contribution is 5.98. The minimum absolute atomic E-state index is 0.360. The van der Waals surface area contributed by atoms with E-state index in [2.05, 4.69) is 16.0 Å². The van der Waals surface area contributed by atoms with E-state index < -0.39 is 0 Å². The second-order valence-corrected chi connectivity index (χ2v) is 6.55. The van der Waals surface area contributed by atoms with E-state index in [1.54, 1.807) is 20.4 Å². The number of methoxy groups -OCH3 is 2. The Hall–Kier alpha value is -2.52. The van der Waals surface area contributed by atoms with E-state index in [0.29, 0.717) is 29.1 Å². The average Bonchev–Trinajstić information content (AvgIpc) is 3.13. The highest BCUT2D eigenvalue weighted by Gasteiger charge is 2.35. The molecular formula is C19H21N3O3. The summed E-state index contributed by atoms with van der Waals surface area (Å²) in [6.07, 6.45) is 4.07. The second-order valence-electron chi connectivity index (χ2n) is 6.55. The molecule has 0 amide bonds. The molecule has 6 heteroatoms. The second kappa shape index (κ2) is 6.41. The molecule has 2 aliphatic rings. The molecule has 2 saturated heterocycles. The summed E-state index contributed by atoms with van der Waals surface area (Å²) in [7, 11) is 3.25. The van der Waals surface area contributed by atoms with Crippen molar-refractivity contribution in [2.45, 2.75) is 18.9 Å². The van der Waals surface area contributed by atoms with Crippen LogP contribution >= 0.6 is 0 Å². The average molecular weight is 339 g/mol. The molecule has 2 aromatic rings. The number of anilines is 1. The van der Waals surface area contributed by atoms with E-state index in [0.717, 1.165) is 49.1 Å². The van der Waals surface area contributed by atoms with Crippen molar-refractivity contribution in [2.24, 2.45) is 5.92 Å². The third-order valence-electron chi connectivity index (χ3n) is 5.26. The third kappa shape index (κ3) is 2.65. The van der Waals surface area contributed by atoms with Gasteiger partial charge in [0.25, 0.3) is 0 Å². The van der Waals surface area contributed by atoms with Crippen LogP contribution in [0.5, 0.6) is 11.5 Å². The highest BCUT2D eigenvalue weighted by Crippen LogP contribution is 2.40. The monoisotopic (exact) mass is 339 g/mol. The van der Waals surface area contributed by atoms with Gasteiger partial charge in [-0.3, -0.25) is 4.98 Å². The first-order valence-corrected chi connectivity index (χ1v) is 8.56. The van der Waals surface area contributed by atoms with Crippen LogP contribution in [-0.4, -0.2) is 45.0 Å². The Morgan fingerprint density at radius 2 is 2.16 bits per heavy atom. The number of nitrogens with zero attached hydrogens (tertiary/aromatic N) is 3. The number of hydrogen-bond donors (Lipinski definition) is 0. The molecule has 0 aliphatic carbocycles. The molecule has 1 aromatic carbocycles. The molecule has 3 heterocycles. The molecular weight excluding hydrogens is 318 g/mol. The fourth-order valence-corrected chi connectivity index (χ4v) is 4.01. The summed E-state index contributed by atoms with van der Waals surface area (Å²) in [5.74, 6) is 1.87. The minimum atomic E-state index is 0.360. The Labute approximate surface area is 146 Å². The quantitative estimate of drug-likeness (QED) is 0.856. The van der Waals surface area contributed by atoms with Gasteiger partial charge in [-0.15, -0.1) is 0 Å². The van der Waals surface area contributed by atoms with E-state index in [-0.39, 0.29) is 0 Å². The number of piperidine rings is 1. The number of pyridine rings is 1. The normalized spacial score (nSPS) is 22.5. The van der Waals surface area contributed by atoms with Gasteiger partial charge >= 0.3 is 0 Å². The zero-order valence-electron chi connectivity index (χ0n) is 14.5. The van der Waals surface area contributed by atoms with Crippen LogP contribution in [-0.2, 0) is 4.74 Å². The first-order valence-electron chi connectivity index (χ1n) is 8.56. The molecule has 0 spiro atoms. The first-order chi connectivity index (χ1) is 12.2. The van der Waals surface area contributed by atoms with E-state index in [1.807, 2.05) is 12.1 Å². The number of nitriles is 1. The topological polar surface area (TPSA) is 67.6 Å². The molecule has 4 rings (SSSR count). The molecule has 130 valence electrons. The molecule has 2 atom stereocenters. The lowest BCUT2D eigenvalue weighted by atomic mass is 9.93. The number of fused-ring (bicyclic) bond motifs is 2. The maximum atomic E-state index is 9.65. The molecule has 25 heavy (non-hydrogen) atoms. The molecule has 1 aromatic heterocycles. The summed E-state index contributed by atoms with van der Waals surface area (Å²) in [4.78, 5) is 6.77. The first kappa shape index (κ1) is 16.0.